The minimum atomic E-state index is -0.336. The summed E-state index contributed by atoms with van der Waals surface area (Å²) >= 11 is 0. The van der Waals surface area contributed by atoms with E-state index in [1.54, 1.807) is 48.6 Å². The van der Waals surface area contributed by atoms with Crippen molar-refractivity contribution < 1.29 is 14.3 Å². The molecule has 4 aromatic rings. The van der Waals surface area contributed by atoms with Gasteiger partial charge in [0.05, 0.1) is 36.5 Å². The summed E-state index contributed by atoms with van der Waals surface area (Å²) in [4.78, 5) is 26.2. The number of carbonyl (C=O) groups excluding carboxylic acids is 1. The number of nitrogens with zero attached hydrogens (tertiary/aromatic N) is 5. The number of carbonyl (C=O) groups is 1. The van der Waals surface area contributed by atoms with Crippen molar-refractivity contribution in [3.05, 3.63) is 72.4 Å². The van der Waals surface area contributed by atoms with Gasteiger partial charge in [0.15, 0.2) is 0 Å². The standard InChI is InChI=1S/C24H22N6O3/c1-15-8-16(10-25-9-15)19-4-3-5-21(27-19)24(31)28-22-12-30(2)29-23(22)20-7-6-17(11-26-20)33-18-13-32-14-18/h3-12,18H,13-14H2,1-2H3,(H,28,31). The second kappa shape index (κ2) is 8.79. The number of nitrogens with one attached hydrogen (secondary N) is 1. The molecule has 9 heteroatoms. The van der Waals surface area contributed by atoms with Crippen LogP contribution in [0.5, 0.6) is 5.75 Å². The monoisotopic (exact) mass is 442 g/mol. The van der Waals surface area contributed by atoms with Crippen molar-refractivity contribution in [2.75, 3.05) is 18.5 Å². The fourth-order valence-electron chi connectivity index (χ4n) is 3.44. The van der Waals surface area contributed by atoms with Crippen LogP contribution in [0, 0.1) is 6.92 Å². The molecule has 0 radical (unpaired) electrons. The summed E-state index contributed by atoms with van der Waals surface area (Å²) in [6, 6.07) is 11.0. The molecule has 0 unspecified atom stereocenters. The number of hydrogen-bond acceptors (Lipinski definition) is 7. The summed E-state index contributed by atoms with van der Waals surface area (Å²) in [5.74, 6) is 0.330. The van der Waals surface area contributed by atoms with Gasteiger partial charge in [-0.1, -0.05) is 6.07 Å². The number of hydrogen-bond donors (Lipinski definition) is 1. The Labute approximate surface area is 190 Å². The van der Waals surface area contributed by atoms with Gasteiger partial charge in [-0.05, 0) is 42.8 Å². The van der Waals surface area contributed by atoms with E-state index in [0.29, 0.717) is 47.4 Å². The van der Waals surface area contributed by atoms with Gasteiger partial charge in [0.1, 0.15) is 23.2 Å². The molecule has 33 heavy (non-hydrogen) atoms. The summed E-state index contributed by atoms with van der Waals surface area (Å²) in [5.41, 5.74) is 4.57. The molecule has 5 rings (SSSR count). The third-order valence-corrected chi connectivity index (χ3v) is 5.12. The van der Waals surface area contributed by atoms with Gasteiger partial charge in [-0.2, -0.15) is 5.10 Å². The quantitative estimate of drug-likeness (QED) is 0.489. The molecule has 0 atom stereocenters. The molecule has 0 aliphatic carbocycles. The van der Waals surface area contributed by atoms with E-state index in [9.17, 15) is 4.79 Å². The van der Waals surface area contributed by atoms with E-state index in [0.717, 1.165) is 11.1 Å². The molecule has 4 aromatic heterocycles. The first-order valence-electron chi connectivity index (χ1n) is 10.5. The number of pyridine rings is 3. The second-order valence-electron chi connectivity index (χ2n) is 7.83. The third-order valence-electron chi connectivity index (χ3n) is 5.12. The molecule has 1 fully saturated rings. The second-order valence-corrected chi connectivity index (χ2v) is 7.83. The molecule has 5 heterocycles. The van der Waals surface area contributed by atoms with E-state index in [2.05, 4.69) is 25.4 Å². The van der Waals surface area contributed by atoms with Crippen LogP contribution in [0.2, 0.25) is 0 Å². The van der Waals surface area contributed by atoms with Crippen LogP contribution in [0.25, 0.3) is 22.6 Å². The van der Waals surface area contributed by atoms with Crippen molar-refractivity contribution in [1.29, 1.82) is 0 Å². The van der Waals surface area contributed by atoms with Crippen molar-refractivity contribution in [3.63, 3.8) is 0 Å². The molecule has 0 bridgehead atoms. The number of aromatic nitrogens is 5. The molecule has 1 saturated heterocycles. The van der Waals surface area contributed by atoms with Crippen LogP contribution < -0.4 is 10.1 Å². The Morgan fingerprint density at radius 1 is 1.15 bits per heavy atom. The van der Waals surface area contributed by atoms with Gasteiger partial charge < -0.3 is 14.8 Å². The Balaban J connectivity index is 1.36. The highest BCUT2D eigenvalue weighted by Gasteiger charge is 2.21. The predicted octanol–water partition coefficient (Wildman–Crippen LogP) is 3.28. The van der Waals surface area contributed by atoms with E-state index in [4.69, 9.17) is 9.47 Å². The molecular weight excluding hydrogens is 420 g/mol. The fourth-order valence-corrected chi connectivity index (χ4v) is 3.44. The van der Waals surface area contributed by atoms with Gasteiger partial charge in [0, 0.05) is 31.2 Å². The number of ether oxygens (including phenoxy) is 2. The largest absolute Gasteiger partial charge is 0.484 e. The zero-order chi connectivity index (χ0) is 22.8. The molecule has 1 amide bonds. The molecule has 1 aliphatic rings. The van der Waals surface area contributed by atoms with Crippen LogP contribution in [0.15, 0.2) is 61.2 Å². The lowest BCUT2D eigenvalue weighted by molar-refractivity contribution is -0.0797. The topological polar surface area (TPSA) is 104 Å². The van der Waals surface area contributed by atoms with Crippen molar-refractivity contribution in [3.8, 4) is 28.4 Å². The summed E-state index contributed by atoms with van der Waals surface area (Å²) in [7, 11) is 1.79. The predicted molar refractivity (Wildman–Crippen MR) is 122 cm³/mol. The lowest BCUT2D eigenvalue weighted by Crippen LogP contribution is -2.38. The maximum Gasteiger partial charge on any atom is 0.274 e. The Morgan fingerprint density at radius 3 is 2.76 bits per heavy atom. The molecule has 9 nitrogen and oxygen atoms in total. The molecule has 0 aromatic carbocycles. The van der Waals surface area contributed by atoms with Crippen molar-refractivity contribution in [1.82, 2.24) is 24.7 Å². The molecule has 166 valence electrons. The SMILES string of the molecule is Cc1cncc(-c2cccc(C(=O)Nc3cn(C)nc3-c3ccc(OC4COC4)cn3)n2)c1. The van der Waals surface area contributed by atoms with Crippen LogP contribution in [0.1, 0.15) is 16.1 Å². The zero-order valence-electron chi connectivity index (χ0n) is 18.2. The average Bonchev–Trinajstić information content (AvgIpc) is 3.16. The first-order valence-corrected chi connectivity index (χ1v) is 10.5. The Kier molecular flexibility index (Phi) is 5.54. The van der Waals surface area contributed by atoms with E-state index < -0.39 is 0 Å². The highest BCUT2D eigenvalue weighted by molar-refractivity contribution is 6.04. The zero-order valence-corrected chi connectivity index (χ0v) is 18.2. The molecular formula is C24H22N6O3. The molecule has 1 aliphatic heterocycles. The van der Waals surface area contributed by atoms with E-state index in [-0.39, 0.29) is 12.0 Å². The lowest BCUT2D eigenvalue weighted by atomic mass is 10.1. The smallest absolute Gasteiger partial charge is 0.274 e. The summed E-state index contributed by atoms with van der Waals surface area (Å²) < 4.78 is 12.5. The minimum Gasteiger partial charge on any atom is -0.484 e. The average molecular weight is 442 g/mol. The van der Waals surface area contributed by atoms with Gasteiger partial charge in [0.25, 0.3) is 5.91 Å². The highest BCUT2D eigenvalue weighted by atomic mass is 16.6. The van der Waals surface area contributed by atoms with Crippen molar-refractivity contribution >= 4 is 11.6 Å². The van der Waals surface area contributed by atoms with E-state index in [1.165, 1.54) is 0 Å². The van der Waals surface area contributed by atoms with E-state index in [1.807, 2.05) is 31.2 Å². The number of rotatable bonds is 6. The fraction of sp³-hybridized carbons (Fsp3) is 0.208. The number of aryl methyl sites for hydroxylation is 2. The molecule has 1 N–H and O–H groups in total. The maximum absolute atomic E-state index is 13.0. The van der Waals surface area contributed by atoms with Gasteiger partial charge >= 0.3 is 0 Å². The first kappa shape index (κ1) is 20.8. The van der Waals surface area contributed by atoms with Crippen LogP contribution in [-0.2, 0) is 11.8 Å². The maximum atomic E-state index is 13.0. The van der Waals surface area contributed by atoms with Gasteiger partial charge in [-0.3, -0.25) is 19.4 Å². The lowest BCUT2D eigenvalue weighted by Gasteiger charge is -2.26. The minimum absolute atomic E-state index is 0.0706. The van der Waals surface area contributed by atoms with Crippen LogP contribution in [-0.4, -0.2) is 50.0 Å². The van der Waals surface area contributed by atoms with Crippen LogP contribution in [0.3, 0.4) is 0 Å². The van der Waals surface area contributed by atoms with Crippen LogP contribution >= 0.6 is 0 Å². The molecule has 0 saturated carbocycles. The summed E-state index contributed by atoms with van der Waals surface area (Å²) in [5, 5.41) is 7.38. The third kappa shape index (κ3) is 4.58. The Hall–Kier alpha value is -4.11. The first-order chi connectivity index (χ1) is 16.0. The van der Waals surface area contributed by atoms with Crippen molar-refractivity contribution in [2.45, 2.75) is 13.0 Å². The van der Waals surface area contributed by atoms with Gasteiger partial charge in [-0.25, -0.2) is 4.98 Å². The van der Waals surface area contributed by atoms with Gasteiger partial charge in [0.2, 0.25) is 0 Å². The summed E-state index contributed by atoms with van der Waals surface area (Å²) in [6.07, 6.45) is 6.96. The summed E-state index contributed by atoms with van der Waals surface area (Å²) in [6.45, 7) is 3.15. The van der Waals surface area contributed by atoms with Crippen molar-refractivity contribution in [2.24, 2.45) is 7.05 Å². The Bertz CT molecular complexity index is 1300. The molecule has 0 spiro atoms. The van der Waals surface area contributed by atoms with E-state index >= 15 is 0 Å². The normalized spacial score (nSPS) is 13.4. The van der Waals surface area contributed by atoms with Crippen LogP contribution in [0.4, 0.5) is 5.69 Å². The Morgan fingerprint density at radius 2 is 2.03 bits per heavy atom. The number of amides is 1. The van der Waals surface area contributed by atoms with Gasteiger partial charge in [-0.15, -0.1) is 0 Å². The highest BCUT2D eigenvalue weighted by Crippen LogP contribution is 2.27. The number of anilines is 1.